The average molecular weight is 340 g/mol. The molecule has 0 aliphatic rings. The Hall–Kier alpha value is -2.82. The molecule has 5 nitrogen and oxygen atoms in total. The van der Waals surface area contributed by atoms with Gasteiger partial charge in [0, 0.05) is 23.5 Å². The molecule has 0 atom stereocenters. The smallest absolute Gasteiger partial charge is 0.125 e. The summed E-state index contributed by atoms with van der Waals surface area (Å²) in [5, 5.41) is 3.81. The van der Waals surface area contributed by atoms with Gasteiger partial charge in [-0.1, -0.05) is 17.3 Å². The van der Waals surface area contributed by atoms with Crippen LogP contribution in [0.5, 0.6) is 11.5 Å². The van der Waals surface area contributed by atoms with Crippen LogP contribution in [-0.2, 0) is 11.4 Å². The van der Waals surface area contributed by atoms with Crippen molar-refractivity contribution in [3.8, 4) is 11.5 Å². The molecule has 25 heavy (non-hydrogen) atoms. The van der Waals surface area contributed by atoms with Crippen LogP contribution in [0.2, 0.25) is 0 Å². The average Bonchev–Trinajstić information content (AvgIpc) is 2.60. The van der Waals surface area contributed by atoms with E-state index in [1.807, 2.05) is 51.1 Å². The number of benzene rings is 1. The molecule has 2 aromatic rings. The van der Waals surface area contributed by atoms with Gasteiger partial charge in [0.05, 0.1) is 6.21 Å². The lowest BCUT2D eigenvalue weighted by molar-refractivity contribution is 0.215. The zero-order valence-corrected chi connectivity index (χ0v) is 15.2. The van der Waals surface area contributed by atoms with E-state index < -0.39 is 0 Å². The minimum absolute atomic E-state index is 0.402. The summed E-state index contributed by atoms with van der Waals surface area (Å²) in [5.41, 5.74) is 3.92. The summed E-state index contributed by atoms with van der Waals surface area (Å²) in [6.07, 6.45) is 9.08. The molecule has 2 rings (SSSR count). The first-order valence-electron chi connectivity index (χ1n) is 8.13. The maximum atomic E-state index is 6.04. The molecule has 0 radical (unpaired) electrons. The summed E-state index contributed by atoms with van der Waals surface area (Å²) in [7, 11) is 1.51. The molecule has 0 bridgehead atoms. The minimum atomic E-state index is 0.402. The molecule has 0 aliphatic heterocycles. The molecule has 1 heterocycles. The lowest BCUT2D eigenvalue weighted by Crippen LogP contribution is -2.03. The van der Waals surface area contributed by atoms with Crippen molar-refractivity contribution in [1.29, 1.82) is 0 Å². The Kier molecular flexibility index (Phi) is 7.01. The van der Waals surface area contributed by atoms with Gasteiger partial charge in [0.15, 0.2) is 0 Å². The van der Waals surface area contributed by atoms with Crippen molar-refractivity contribution in [1.82, 2.24) is 4.98 Å². The molecule has 1 aromatic heterocycles. The van der Waals surface area contributed by atoms with Gasteiger partial charge < -0.3 is 14.3 Å². The van der Waals surface area contributed by atoms with Gasteiger partial charge in [-0.15, -0.1) is 0 Å². The lowest BCUT2D eigenvalue weighted by atomic mass is 10.1. The quantitative estimate of drug-likeness (QED) is 0.410. The van der Waals surface area contributed by atoms with Crippen LogP contribution in [0, 0.1) is 13.8 Å². The molecule has 0 aliphatic carbocycles. The van der Waals surface area contributed by atoms with Crippen LogP contribution in [0.3, 0.4) is 0 Å². The fourth-order valence-electron chi connectivity index (χ4n) is 2.41. The van der Waals surface area contributed by atoms with Crippen molar-refractivity contribution in [3.63, 3.8) is 0 Å². The monoisotopic (exact) mass is 340 g/mol. The van der Waals surface area contributed by atoms with Gasteiger partial charge in [-0.2, -0.15) is 0 Å². The summed E-state index contributed by atoms with van der Waals surface area (Å²) < 4.78 is 11.7. The number of rotatable bonds is 8. The number of hydrogen-bond donors (Lipinski definition) is 0. The van der Waals surface area contributed by atoms with E-state index in [0.29, 0.717) is 13.2 Å². The van der Waals surface area contributed by atoms with E-state index in [9.17, 15) is 0 Å². The topological polar surface area (TPSA) is 52.9 Å². The van der Waals surface area contributed by atoms with E-state index in [2.05, 4.69) is 10.1 Å². The molecule has 0 fully saturated rings. The van der Waals surface area contributed by atoms with Crippen LogP contribution in [0.15, 0.2) is 47.9 Å². The van der Waals surface area contributed by atoms with E-state index in [-0.39, 0.29) is 0 Å². The largest absolute Gasteiger partial charge is 0.490 e. The van der Waals surface area contributed by atoms with Gasteiger partial charge in [-0.3, -0.25) is 4.98 Å². The highest BCUT2D eigenvalue weighted by atomic mass is 16.6. The van der Waals surface area contributed by atoms with Crippen molar-refractivity contribution in [3.05, 3.63) is 65.0 Å². The first kappa shape index (κ1) is 18.5. The minimum Gasteiger partial charge on any atom is -0.490 e. The van der Waals surface area contributed by atoms with Crippen LogP contribution in [-0.4, -0.2) is 24.9 Å². The standard InChI is InChI=1S/C20H24N2O3/c1-5-6-9-24-19-10-15(2)20(16(3)11-19)25-14-18-12-21-8-7-17(18)13-22-23-4/h5-8,10-13H,9,14H2,1-4H3/b6-5+,22-13-. The predicted octanol–water partition coefficient (Wildman–Crippen LogP) is 4.21. The lowest BCUT2D eigenvalue weighted by Gasteiger charge is -2.15. The molecular formula is C20H24N2O3. The number of pyridine rings is 1. The number of ether oxygens (including phenoxy) is 2. The summed E-state index contributed by atoms with van der Waals surface area (Å²) in [5.74, 6) is 1.70. The molecule has 1 aromatic carbocycles. The van der Waals surface area contributed by atoms with E-state index in [1.165, 1.54) is 7.11 Å². The Labute approximate surface area is 148 Å². The predicted molar refractivity (Wildman–Crippen MR) is 99.4 cm³/mol. The zero-order chi connectivity index (χ0) is 18.1. The maximum absolute atomic E-state index is 6.04. The summed E-state index contributed by atoms with van der Waals surface area (Å²) in [6, 6.07) is 5.85. The Morgan fingerprint density at radius 1 is 1.16 bits per heavy atom. The van der Waals surface area contributed by atoms with Crippen LogP contribution in [0.4, 0.5) is 0 Å². The highest BCUT2D eigenvalue weighted by Gasteiger charge is 2.09. The van der Waals surface area contributed by atoms with E-state index in [4.69, 9.17) is 14.3 Å². The Bertz CT molecular complexity index is 731. The summed E-state index contributed by atoms with van der Waals surface area (Å²) in [6.45, 7) is 6.97. The Morgan fingerprint density at radius 2 is 1.92 bits per heavy atom. The van der Waals surface area contributed by atoms with Crippen molar-refractivity contribution in [2.45, 2.75) is 27.4 Å². The number of allylic oxidation sites excluding steroid dienone is 1. The highest BCUT2D eigenvalue weighted by Crippen LogP contribution is 2.29. The van der Waals surface area contributed by atoms with Gasteiger partial charge in [-0.05, 0) is 50.1 Å². The maximum Gasteiger partial charge on any atom is 0.125 e. The van der Waals surface area contributed by atoms with E-state index >= 15 is 0 Å². The molecule has 132 valence electrons. The van der Waals surface area contributed by atoms with E-state index in [1.54, 1.807) is 18.6 Å². The van der Waals surface area contributed by atoms with Gasteiger partial charge in [0.1, 0.15) is 31.8 Å². The molecule has 0 saturated heterocycles. The molecule has 0 spiro atoms. The van der Waals surface area contributed by atoms with Crippen LogP contribution >= 0.6 is 0 Å². The number of oxime groups is 1. The van der Waals surface area contributed by atoms with Crippen LogP contribution < -0.4 is 9.47 Å². The Morgan fingerprint density at radius 3 is 2.60 bits per heavy atom. The zero-order valence-electron chi connectivity index (χ0n) is 15.2. The summed E-state index contributed by atoms with van der Waals surface area (Å²) >= 11 is 0. The van der Waals surface area contributed by atoms with Crippen molar-refractivity contribution in [2.75, 3.05) is 13.7 Å². The fraction of sp³-hybridized carbons (Fsp3) is 0.300. The second-order valence-electron chi connectivity index (χ2n) is 5.55. The second-order valence-corrected chi connectivity index (χ2v) is 5.55. The van der Waals surface area contributed by atoms with E-state index in [0.717, 1.165) is 33.8 Å². The fourth-order valence-corrected chi connectivity index (χ4v) is 2.41. The van der Waals surface area contributed by atoms with Crippen molar-refractivity contribution < 1.29 is 14.3 Å². The molecule has 5 heteroatoms. The molecular weight excluding hydrogens is 316 g/mol. The molecule has 0 unspecified atom stereocenters. The second kappa shape index (κ2) is 9.47. The van der Waals surface area contributed by atoms with Crippen molar-refractivity contribution >= 4 is 6.21 Å². The normalized spacial score (nSPS) is 11.2. The van der Waals surface area contributed by atoms with Crippen LogP contribution in [0.25, 0.3) is 0 Å². The SMILES string of the molecule is C/C=C/COc1cc(C)c(OCc2cnccc2/C=N\OC)c(C)c1. The van der Waals surface area contributed by atoms with Crippen molar-refractivity contribution in [2.24, 2.45) is 5.16 Å². The third kappa shape index (κ3) is 5.35. The highest BCUT2D eigenvalue weighted by molar-refractivity contribution is 5.80. The molecule has 0 amide bonds. The number of aryl methyl sites for hydroxylation is 2. The number of hydrogen-bond acceptors (Lipinski definition) is 5. The van der Waals surface area contributed by atoms with Gasteiger partial charge in [0.2, 0.25) is 0 Å². The molecule has 0 N–H and O–H groups in total. The van der Waals surface area contributed by atoms with Gasteiger partial charge >= 0.3 is 0 Å². The Balaban J connectivity index is 2.12. The molecule has 0 saturated carbocycles. The van der Waals surface area contributed by atoms with Crippen LogP contribution in [0.1, 0.15) is 29.2 Å². The van der Waals surface area contributed by atoms with Gasteiger partial charge in [-0.25, -0.2) is 0 Å². The number of nitrogens with zero attached hydrogens (tertiary/aromatic N) is 2. The number of aromatic nitrogens is 1. The third-order valence-corrected chi connectivity index (χ3v) is 3.63. The summed E-state index contributed by atoms with van der Waals surface area (Å²) in [4.78, 5) is 8.90. The third-order valence-electron chi connectivity index (χ3n) is 3.63. The van der Waals surface area contributed by atoms with Gasteiger partial charge in [0.25, 0.3) is 0 Å². The first-order chi connectivity index (χ1) is 12.2. The first-order valence-corrected chi connectivity index (χ1v) is 8.13.